The van der Waals surface area contributed by atoms with Crippen LogP contribution in [0, 0.1) is 20.2 Å². The lowest BCUT2D eigenvalue weighted by Crippen LogP contribution is -2.00. The van der Waals surface area contributed by atoms with Crippen molar-refractivity contribution in [2.45, 2.75) is 0 Å². The summed E-state index contributed by atoms with van der Waals surface area (Å²) in [5.74, 6) is 0. The first kappa shape index (κ1) is 21.2. The summed E-state index contributed by atoms with van der Waals surface area (Å²) in [4.78, 5) is 21.7. The molecule has 0 radical (unpaired) electrons. The van der Waals surface area contributed by atoms with E-state index < -0.39 is 21.2 Å². The summed E-state index contributed by atoms with van der Waals surface area (Å²) in [6.07, 6.45) is 3.10. The van der Waals surface area contributed by atoms with Gasteiger partial charge < -0.3 is 0 Å². The van der Waals surface area contributed by atoms with Crippen molar-refractivity contribution >= 4 is 56.8 Å². The number of hydrogen-bond donors (Lipinski definition) is 0. The first-order chi connectivity index (χ1) is 14.4. The zero-order chi connectivity index (χ0) is 21.7. The second kappa shape index (κ2) is 9.35. The van der Waals surface area contributed by atoms with E-state index in [-0.39, 0.29) is 21.2 Å². The minimum absolute atomic E-state index is 0.0331. The molecule has 0 aliphatic rings. The molecule has 3 aromatic rings. The zero-order valence-electron chi connectivity index (χ0n) is 15.4. The Balaban J connectivity index is 2.21. The Morgan fingerprint density at radius 2 is 1.03 bits per heavy atom. The van der Waals surface area contributed by atoms with E-state index in [2.05, 4.69) is 0 Å². The average molecular weight is 441 g/mol. The monoisotopic (exact) mass is 440 g/mol. The molecule has 0 amide bonds. The number of rotatable bonds is 6. The molecule has 0 saturated carbocycles. The van der Waals surface area contributed by atoms with Crippen molar-refractivity contribution in [1.29, 1.82) is 0 Å². The molecular weight excluding hydrogens is 427 g/mol. The molecule has 6 nitrogen and oxygen atoms in total. The molecule has 0 aliphatic heterocycles. The summed E-state index contributed by atoms with van der Waals surface area (Å²) in [7, 11) is 0. The molecule has 0 heterocycles. The molecule has 0 N–H and O–H groups in total. The lowest BCUT2D eigenvalue weighted by molar-refractivity contribution is -0.394. The number of hydrogen-bond acceptors (Lipinski definition) is 4. The van der Waals surface area contributed by atoms with Crippen LogP contribution in [0.5, 0.6) is 0 Å². The summed E-state index contributed by atoms with van der Waals surface area (Å²) >= 11 is 12.8. The van der Waals surface area contributed by atoms with Crippen molar-refractivity contribution in [2.24, 2.45) is 0 Å². The van der Waals surface area contributed by atoms with E-state index in [9.17, 15) is 20.2 Å². The van der Waals surface area contributed by atoms with Crippen LogP contribution in [-0.4, -0.2) is 9.85 Å². The molecule has 150 valence electrons. The summed E-state index contributed by atoms with van der Waals surface area (Å²) in [6, 6.07) is 20.1. The molecule has 0 aromatic heterocycles. The van der Waals surface area contributed by atoms with Gasteiger partial charge in [-0.15, -0.1) is 0 Å². The van der Waals surface area contributed by atoms with Crippen molar-refractivity contribution in [3.8, 4) is 0 Å². The van der Waals surface area contributed by atoms with E-state index >= 15 is 0 Å². The predicted molar refractivity (Wildman–Crippen MR) is 120 cm³/mol. The van der Waals surface area contributed by atoms with Crippen LogP contribution in [0.4, 0.5) is 11.4 Å². The van der Waals surface area contributed by atoms with Crippen LogP contribution in [0.3, 0.4) is 0 Å². The second-order valence-corrected chi connectivity index (χ2v) is 7.02. The standard InChI is InChI=1S/C22H14Cl2N2O4/c23-19(11-15-7-3-1-4-8-15)17-13-18(20(24)12-16-9-5-2-6-10-16)22(26(29)30)14-21(17)25(27)28/h1-14H/b19-11+,20-12+. The van der Waals surface area contributed by atoms with Crippen LogP contribution in [0.2, 0.25) is 0 Å². The van der Waals surface area contributed by atoms with Crippen molar-refractivity contribution in [3.63, 3.8) is 0 Å². The maximum absolute atomic E-state index is 11.6. The Kier molecular flexibility index (Phi) is 6.61. The number of halogens is 2. The predicted octanol–water partition coefficient (Wildman–Crippen LogP) is 6.98. The van der Waals surface area contributed by atoms with Gasteiger partial charge in [0, 0.05) is 0 Å². The minimum Gasteiger partial charge on any atom is -0.258 e. The lowest BCUT2D eigenvalue weighted by Gasteiger charge is -2.08. The highest BCUT2D eigenvalue weighted by Crippen LogP contribution is 2.39. The Morgan fingerprint density at radius 3 is 1.37 bits per heavy atom. The number of benzene rings is 3. The third-order valence-electron chi connectivity index (χ3n) is 4.21. The Labute approximate surface area is 182 Å². The molecule has 3 aromatic carbocycles. The fourth-order valence-corrected chi connectivity index (χ4v) is 3.36. The van der Waals surface area contributed by atoms with Crippen LogP contribution in [0.15, 0.2) is 72.8 Å². The molecule has 8 heteroatoms. The van der Waals surface area contributed by atoms with Crippen LogP contribution >= 0.6 is 23.2 Å². The van der Waals surface area contributed by atoms with Gasteiger partial charge in [-0.25, -0.2) is 0 Å². The topological polar surface area (TPSA) is 86.3 Å². The third-order valence-corrected chi connectivity index (χ3v) is 4.83. The minimum atomic E-state index is -0.706. The lowest BCUT2D eigenvalue weighted by atomic mass is 10.0. The normalized spacial score (nSPS) is 11.9. The van der Waals surface area contributed by atoms with Gasteiger partial charge in [0.2, 0.25) is 0 Å². The SMILES string of the molecule is O=[N+]([O-])c1cc([N+](=O)[O-])c(/C(Cl)=C\c2ccccc2)cc1/C(Cl)=C\c1ccccc1. The van der Waals surface area contributed by atoms with Crippen molar-refractivity contribution in [2.75, 3.05) is 0 Å². The fourth-order valence-electron chi connectivity index (χ4n) is 2.81. The summed E-state index contributed by atoms with van der Waals surface area (Å²) in [5, 5.41) is 23.3. The van der Waals surface area contributed by atoms with Crippen LogP contribution < -0.4 is 0 Å². The molecule has 30 heavy (non-hydrogen) atoms. The zero-order valence-corrected chi connectivity index (χ0v) is 16.9. The second-order valence-electron chi connectivity index (χ2n) is 6.21. The first-order valence-electron chi connectivity index (χ1n) is 8.69. The van der Waals surface area contributed by atoms with Gasteiger partial charge in [0.15, 0.2) is 0 Å². The highest BCUT2D eigenvalue weighted by molar-refractivity contribution is 6.53. The highest BCUT2D eigenvalue weighted by Gasteiger charge is 2.27. The van der Waals surface area contributed by atoms with Crippen molar-refractivity contribution < 1.29 is 9.85 Å². The number of nitro benzene ring substituents is 2. The number of nitro groups is 2. The van der Waals surface area contributed by atoms with Gasteiger partial charge in [-0.3, -0.25) is 20.2 Å². The molecule has 0 spiro atoms. The summed E-state index contributed by atoms with van der Waals surface area (Å²) < 4.78 is 0. The summed E-state index contributed by atoms with van der Waals surface area (Å²) in [6.45, 7) is 0. The molecular formula is C22H14Cl2N2O4. The molecule has 0 fully saturated rings. The number of nitrogens with zero attached hydrogens (tertiary/aromatic N) is 2. The van der Waals surface area contributed by atoms with E-state index in [0.717, 1.165) is 17.2 Å². The molecule has 0 aliphatic carbocycles. The van der Waals surface area contributed by atoms with Gasteiger partial charge in [-0.2, -0.15) is 0 Å². The van der Waals surface area contributed by atoms with Crippen LogP contribution in [0.25, 0.3) is 22.2 Å². The fraction of sp³-hybridized carbons (Fsp3) is 0. The van der Waals surface area contributed by atoms with Gasteiger partial charge in [-0.1, -0.05) is 83.9 Å². The largest absolute Gasteiger partial charge is 0.285 e. The van der Waals surface area contributed by atoms with E-state index in [0.29, 0.717) is 0 Å². The molecule has 0 atom stereocenters. The third kappa shape index (κ3) is 4.92. The Bertz CT molecular complexity index is 1070. The summed E-state index contributed by atoms with van der Waals surface area (Å²) in [5.41, 5.74) is 0.556. The van der Waals surface area contributed by atoms with Crippen LogP contribution in [-0.2, 0) is 0 Å². The smallest absolute Gasteiger partial charge is 0.258 e. The van der Waals surface area contributed by atoms with Gasteiger partial charge in [-0.05, 0) is 29.3 Å². The molecule has 3 rings (SSSR count). The van der Waals surface area contributed by atoms with E-state index in [1.807, 2.05) is 12.1 Å². The maximum atomic E-state index is 11.6. The van der Waals surface area contributed by atoms with Gasteiger partial charge >= 0.3 is 0 Å². The molecule has 0 saturated heterocycles. The Hall–Kier alpha value is -3.48. The van der Waals surface area contributed by atoms with Crippen molar-refractivity contribution in [3.05, 3.63) is 115 Å². The van der Waals surface area contributed by atoms with E-state index in [1.165, 1.54) is 6.07 Å². The van der Waals surface area contributed by atoms with Gasteiger partial charge in [0.05, 0.1) is 37.1 Å². The van der Waals surface area contributed by atoms with Gasteiger partial charge in [0.1, 0.15) is 0 Å². The highest BCUT2D eigenvalue weighted by atomic mass is 35.5. The quantitative estimate of drug-likeness (QED) is 0.235. The van der Waals surface area contributed by atoms with Gasteiger partial charge in [0.25, 0.3) is 11.4 Å². The van der Waals surface area contributed by atoms with E-state index in [1.54, 1.807) is 60.7 Å². The maximum Gasteiger partial charge on any atom is 0.285 e. The van der Waals surface area contributed by atoms with Crippen LogP contribution in [0.1, 0.15) is 22.3 Å². The molecule has 0 bridgehead atoms. The average Bonchev–Trinajstić information content (AvgIpc) is 2.74. The first-order valence-corrected chi connectivity index (χ1v) is 9.44. The molecule has 0 unspecified atom stereocenters. The Morgan fingerprint density at radius 1 is 0.667 bits per heavy atom. The van der Waals surface area contributed by atoms with Crippen molar-refractivity contribution in [1.82, 2.24) is 0 Å². The van der Waals surface area contributed by atoms with E-state index in [4.69, 9.17) is 23.2 Å².